The Morgan fingerprint density at radius 1 is 1.42 bits per heavy atom. The molecular formula is C10H20NO. The molecule has 0 saturated carbocycles. The molecule has 1 radical (unpaired) electrons. The highest BCUT2D eigenvalue weighted by atomic mass is 16.1. The third-order valence-electron chi connectivity index (χ3n) is 2.78. The van der Waals surface area contributed by atoms with E-state index in [1.165, 1.54) is 0 Å². The Hall–Kier alpha value is -0.530. The predicted molar refractivity (Wildman–Crippen MR) is 51.4 cm³/mol. The summed E-state index contributed by atoms with van der Waals surface area (Å²) in [5, 5.41) is 0. The molecule has 12 heavy (non-hydrogen) atoms. The monoisotopic (exact) mass is 170 g/mol. The number of hydrogen-bond donors (Lipinski definition) is 1. The molecule has 0 aliphatic carbocycles. The normalized spacial score (nSPS) is 11.6. The Kier molecular flexibility index (Phi) is 4.95. The van der Waals surface area contributed by atoms with Crippen LogP contribution in [-0.2, 0) is 4.79 Å². The summed E-state index contributed by atoms with van der Waals surface area (Å²) in [7, 11) is 0. The van der Waals surface area contributed by atoms with Gasteiger partial charge in [0.05, 0.1) is 0 Å². The lowest BCUT2D eigenvalue weighted by atomic mass is 9.77. The number of rotatable bonds is 6. The van der Waals surface area contributed by atoms with Gasteiger partial charge in [-0.3, -0.25) is 4.79 Å². The van der Waals surface area contributed by atoms with Crippen LogP contribution in [0.2, 0.25) is 0 Å². The summed E-state index contributed by atoms with van der Waals surface area (Å²) < 4.78 is 0. The summed E-state index contributed by atoms with van der Waals surface area (Å²) in [6.07, 6.45) is 4.45. The lowest BCUT2D eigenvalue weighted by molar-refractivity contribution is -0.128. The van der Waals surface area contributed by atoms with Crippen LogP contribution < -0.4 is 5.73 Å². The van der Waals surface area contributed by atoms with Gasteiger partial charge in [-0.15, -0.1) is 0 Å². The largest absolute Gasteiger partial charge is 0.369 e. The van der Waals surface area contributed by atoms with Crippen molar-refractivity contribution in [3.63, 3.8) is 0 Å². The Bertz CT molecular complexity index is 139. The van der Waals surface area contributed by atoms with Crippen molar-refractivity contribution in [1.29, 1.82) is 0 Å². The van der Waals surface area contributed by atoms with E-state index in [2.05, 4.69) is 6.92 Å². The van der Waals surface area contributed by atoms with Gasteiger partial charge in [-0.2, -0.15) is 0 Å². The summed E-state index contributed by atoms with van der Waals surface area (Å²) in [5.74, 6) is -0.152. The molecule has 2 N–H and O–H groups in total. The number of nitrogens with two attached hydrogens (primary N) is 1. The van der Waals surface area contributed by atoms with E-state index in [4.69, 9.17) is 5.73 Å². The zero-order valence-electron chi connectivity index (χ0n) is 8.23. The second-order valence-corrected chi connectivity index (χ2v) is 3.31. The van der Waals surface area contributed by atoms with Crippen molar-refractivity contribution in [2.24, 2.45) is 11.1 Å². The fourth-order valence-corrected chi connectivity index (χ4v) is 1.54. The molecule has 0 aromatic rings. The third kappa shape index (κ3) is 2.50. The lowest BCUT2D eigenvalue weighted by Crippen LogP contribution is -2.36. The van der Waals surface area contributed by atoms with E-state index < -0.39 is 0 Å². The topological polar surface area (TPSA) is 43.1 Å². The predicted octanol–water partition coefficient (Wildman–Crippen LogP) is 2.28. The molecule has 0 spiro atoms. The molecular weight excluding hydrogens is 150 g/mol. The number of amides is 1. The molecule has 0 fully saturated rings. The van der Waals surface area contributed by atoms with Crippen LogP contribution in [0.25, 0.3) is 0 Å². The molecule has 0 bridgehead atoms. The first kappa shape index (κ1) is 11.5. The molecule has 0 aromatic carbocycles. The van der Waals surface area contributed by atoms with E-state index >= 15 is 0 Å². The molecule has 0 aliphatic rings. The quantitative estimate of drug-likeness (QED) is 0.653. The van der Waals surface area contributed by atoms with Gasteiger partial charge in [-0.25, -0.2) is 0 Å². The second-order valence-electron chi connectivity index (χ2n) is 3.31. The van der Waals surface area contributed by atoms with E-state index in [1.807, 2.05) is 13.8 Å². The number of carbonyl (C=O) groups excluding carboxylic acids is 1. The third-order valence-corrected chi connectivity index (χ3v) is 2.78. The Balaban J connectivity index is 4.25. The van der Waals surface area contributed by atoms with Crippen molar-refractivity contribution in [2.75, 3.05) is 0 Å². The highest BCUT2D eigenvalue weighted by Crippen LogP contribution is 2.31. The van der Waals surface area contributed by atoms with Crippen LogP contribution in [0.1, 0.15) is 46.0 Å². The van der Waals surface area contributed by atoms with Crippen LogP contribution in [0.4, 0.5) is 0 Å². The van der Waals surface area contributed by atoms with E-state index in [-0.39, 0.29) is 11.3 Å². The van der Waals surface area contributed by atoms with Gasteiger partial charge in [-0.1, -0.05) is 33.6 Å². The van der Waals surface area contributed by atoms with Crippen molar-refractivity contribution < 1.29 is 4.79 Å². The van der Waals surface area contributed by atoms with Crippen molar-refractivity contribution in [3.05, 3.63) is 6.92 Å². The molecule has 71 valence electrons. The lowest BCUT2D eigenvalue weighted by Gasteiger charge is -2.27. The maximum atomic E-state index is 11.2. The number of primary amides is 1. The minimum Gasteiger partial charge on any atom is -0.369 e. The van der Waals surface area contributed by atoms with E-state index in [0.29, 0.717) is 0 Å². The molecule has 0 saturated heterocycles. The summed E-state index contributed by atoms with van der Waals surface area (Å²) in [6, 6.07) is 0. The van der Waals surface area contributed by atoms with Gasteiger partial charge in [0.15, 0.2) is 0 Å². The average molecular weight is 170 g/mol. The minimum absolute atomic E-state index is 0.152. The van der Waals surface area contributed by atoms with Gasteiger partial charge >= 0.3 is 0 Å². The second kappa shape index (κ2) is 5.18. The average Bonchev–Trinajstić information content (AvgIpc) is 2.07. The molecule has 1 amide bonds. The van der Waals surface area contributed by atoms with Crippen molar-refractivity contribution in [2.45, 2.75) is 46.0 Å². The first-order valence-corrected chi connectivity index (χ1v) is 4.72. The molecule has 0 aliphatic heterocycles. The first-order chi connectivity index (χ1) is 5.63. The minimum atomic E-state index is -0.266. The smallest absolute Gasteiger partial charge is 0.223 e. The van der Waals surface area contributed by atoms with E-state index in [1.54, 1.807) is 0 Å². The highest BCUT2D eigenvalue weighted by Gasteiger charge is 2.31. The van der Waals surface area contributed by atoms with Crippen LogP contribution in [0, 0.1) is 12.3 Å². The summed E-state index contributed by atoms with van der Waals surface area (Å²) in [5.41, 5.74) is 5.11. The Labute approximate surface area is 75.5 Å². The molecule has 0 unspecified atom stereocenters. The highest BCUT2D eigenvalue weighted by molar-refractivity contribution is 5.80. The zero-order valence-corrected chi connectivity index (χ0v) is 8.23. The number of carbonyl (C=O) groups is 1. The Morgan fingerprint density at radius 2 is 1.92 bits per heavy atom. The fraction of sp³-hybridized carbons (Fsp3) is 0.800. The summed E-state index contributed by atoms with van der Waals surface area (Å²) in [4.78, 5) is 11.2. The SMILES string of the molecule is [CH2]CCCC(CC)(CC)C(N)=O. The van der Waals surface area contributed by atoms with Gasteiger partial charge < -0.3 is 5.73 Å². The molecule has 0 atom stereocenters. The van der Waals surface area contributed by atoms with Gasteiger partial charge in [-0.05, 0) is 19.3 Å². The van der Waals surface area contributed by atoms with Crippen LogP contribution >= 0.6 is 0 Å². The van der Waals surface area contributed by atoms with Gasteiger partial charge in [0.2, 0.25) is 5.91 Å². The number of unbranched alkanes of at least 4 members (excludes halogenated alkanes) is 1. The van der Waals surface area contributed by atoms with Crippen molar-refractivity contribution >= 4 is 5.91 Å². The van der Waals surface area contributed by atoms with Crippen LogP contribution in [0.15, 0.2) is 0 Å². The Morgan fingerprint density at radius 3 is 2.17 bits per heavy atom. The van der Waals surface area contributed by atoms with E-state index in [0.717, 1.165) is 32.1 Å². The van der Waals surface area contributed by atoms with Crippen LogP contribution in [0.3, 0.4) is 0 Å². The van der Waals surface area contributed by atoms with Crippen molar-refractivity contribution in [1.82, 2.24) is 0 Å². The zero-order chi connectivity index (χ0) is 9.61. The van der Waals surface area contributed by atoms with Crippen LogP contribution in [0.5, 0.6) is 0 Å². The summed E-state index contributed by atoms with van der Waals surface area (Å²) >= 11 is 0. The van der Waals surface area contributed by atoms with Gasteiger partial charge in [0.1, 0.15) is 0 Å². The molecule has 2 nitrogen and oxygen atoms in total. The molecule has 0 rings (SSSR count). The maximum Gasteiger partial charge on any atom is 0.223 e. The van der Waals surface area contributed by atoms with Gasteiger partial charge in [0, 0.05) is 5.41 Å². The summed E-state index contributed by atoms with van der Waals surface area (Å²) in [6.45, 7) is 7.81. The standard InChI is InChI=1S/C10H20NO/c1-4-7-8-10(5-2,6-3)9(11)12/h1,4-8H2,2-3H3,(H2,11,12). The number of hydrogen-bond acceptors (Lipinski definition) is 1. The fourth-order valence-electron chi connectivity index (χ4n) is 1.54. The van der Waals surface area contributed by atoms with Gasteiger partial charge in [0.25, 0.3) is 0 Å². The van der Waals surface area contributed by atoms with Crippen molar-refractivity contribution in [3.8, 4) is 0 Å². The molecule has 0 aromatic heterocycles. The van der Waals surface area contributed by atoms with Crippen LogP contribution in [-0.4, -0.2) is 5.91 Å². The van der Waals surface area contributed by atoms with E-state index in [9.17, 15) is 4.79 Å². The molecule has 0 heterocycles. The maximum absolute atomic E-state index is 11.2. The molecule has 2 heteroatoms. The first-order valence-electron chi connectivity index (χ1n) is 4.72.